The zero-order chi connectivity index (χ0) is 34.8. The van der Waals surface area contributed by atoms with Crippen LogP contribution in [0.25, 0.3) is 11.1 Å². The quantitative estimate of drug-likeness (QED) is 0.187. The van der Waals surface area contributed by atoms with Crippen LogP contribution in [0.4, 0.5) is 5.69 Å². The van der Waals surface area contributed by atoms with Crippen LogP contribution in [0.1, 0.15) is 32.6 Å². The van der Waals surface area contributed by atoms with Gasteiger partial charge in [-0.3, -0.25) is 14.4 Å². The van der Waals surface area contributed by atoms with Gasteiger partial charge in [0.05, 0.1) is 48.1 Å². The molecule has 0 spiro atoms. The molecule has 4 atom stereocenters. The molecule has 4 unspecified atom stereocenters. The summed E-state index contributed by atoms with van der Waals surface area (Å²) in [5.74, 6) is -3.36. The van der Waals surface area contributed by atoms with Crippen LogP contribution in [0.3, 0.4) is 0 Å². The summed E-state index contributed by atoms with van der Waals surface area (Å²) in [6.45, 7) is 0. The lowest BCUT2D eigenvalue weighted by atomic mass is 9.59. The standard InChI is InChI=1S/C42H31NO7/c1-49-31-21-15-25(16-22-31)33-34(26-17-23-32(50-2)24-18-26)42(29-11-7-4-8-12-29)36-35(41(33,40(42)48)28-9-5-3-6-10-28)37(44)43(38(36)45)30-19-13-27(14-20-30)39(46)47/h3-24,35-36H,1-2H3,(H,46,47). The van der Waals surface area contributed by atoms with Crippen LogP contribution < -0.4 is 14.4 Å². The number of imide groups is 1. The number of nitrogens with zero attached hydrogens (tertiary/aromatic N) is 1. The Morgan fingerprint density at radius 2 is 0.980 bits per heavy atom. The first kappa shape index (κ1) is 31.0. The molecule has 0 radical (unpaired) electrons. The monoisotopic (exact) mass is 661 g/mol. The normalized spacial score (nSPS) is 23.7. The minimum atomic E-state index is -1.58. The fourth-order valence-corrected chi connectivity index (χ4v) is 8.65. The summed E-state index contributed by atoms with van der Waals surface area (Å²) in [6, 6.07) is 39.1. The molecule has 8 nitrogen and oxygen atoms in total. The molecule has 5 aromatic carbocycles. The molecule has 1 saturated carbocycles. The lowest BCUT2D eigenvalue weighted by Gasteiger charge is -2.39. The summed E-state index contributed by atoms with van der Waals surface area (Å²) in [6.07, 6.45) is 0. The highest BCUT2D eigenvalue weighted by Gasteiger charge is 2.82. The number of allylic oxidation sites excluding steroid dienone is 2. The van der Waals surface area contributed by atoms with Crippen molar-refractivity contribution in [1.82, 2.24) is 0 Å². The summed E-state index contributed by atoms with van der Waals surface area (Å²) in [5, 5.41) is 9.54. The van der Waals surface area contributed by atoms with Crippen LogP contribution >= 0.6 is 0 Å². The van der Waals surface area contributed by atoms with Crippen LogP contribution in [0.15, 0.2) is 133 Å². The summed E-state index contributed by atoms with van der Waals surface area (Å²) in [7, 11) is 3.16. The predicted octanol–water partition coefficient (Wildman–Crippen LogP) is 6.59. The molecule has 2 bridgehead atoms. The van der Waals surface area contributed by atoms with E-state index in [-0.39, 0.29) is 17.0 Å². The summed E-state index contributed by atoms with van der Waals surface area (Å²) in [5.41, 5.74) is 1.07. The number of ether oxygens (including phenoxy) is 2. The number of aromatic carboxylic acids is 1. The summed E-state index contributed by atoms with van der Waals surface area (Å²) < 4.78 is 11.0. The van der Waals surface area contributed by atoms with Gasteiger partial charge in [0.25, 0.3) is 0 Å². The van der Waals surface area contributed by atoms with Gasteiger partial charge < -0.3 is 14.6 Å². The molecule has 8 heteroatoms. The minimum Gasteiger partial charge on any atom is -0.497 e. The van der Waals surface area contributed by atoms with Gasteiger partial charge in [-0.1, -0.05) is 84.9 Å². The van der Waals surface area contributed by atoms with Gasteiger partial charge in [-0.05, 0) is 81.9 Å². The van der Waals surface area contributed by atoms with Crippen LogP contribution in [-0.2, 0) is 25.2 Å². The number of fused-ring (bicyclic) bond motifs is 5. The molecule has 2 fully saturated rings. The van der Waals surface area contributed by atoms with E-state index in [9.17, 15) is 9.90 Å². The number of ketones is 1. The number of benzene rings is 5. The zero-order valence-corrected chi connectivity index (χ0v) is 27.2. The maximum Gasteiger partial charge on any atom is 0.335 e. The first-order valence-electron chi connectivity index (χ1n) is 16.2. The largest absolute Gasteiger partial charge is 0.497 e. The molecule has 246 valence electrons. The highest BCUT2D eigenvalue weighted by Crippen LogP contribution is 2.74. The minimum absolute atomic E-state index is 0.0232. The van der Waals surface area contributed by atoms with Gasteiger partial charge in [0.2, 0.25) is 11.8 Å². The molecule has 2 amide bonds. The third kappa shape index (κ3) is 3.99. The molecule has 1 N–H and O–H groups in total. The number of carboxylic acids is 1. The van der Waals surface area contributed by atoms with E-state index < -0.39 is 40.4 Å². The Morgan fingerprint density at radius 1 is 0.580 bits per heavy atom. The number of hydrogen-bond acceptors (Lipinski definition) is 6. The van der Waals surface area contributed by atoms with Gasteiger partial charge in [-0.25, -0.2) is 9.69 Å². The number of carboxylic acid groups (broad SMARTS) is 1. The Morgan fingerprint density at radius 3 is 1.34 bits per heavy atom. The molecular weight excluding hydrogens is 630 g/mol. The van der Waals surface area contributed by atoms with Crippen LogP contribution in [0.5, 0.6) is 11.5 Å². The molecule has 0 aromatic heterocycles. The molecule has 8 rings (SSSR count). The van der Waals surface area contributed by atoms with Crippen molar-refractivity contribution in [3.8, 4) is 11.5 Å². The Bertz CT molecular complexity index is 2080. The highest BCUT2D eigenvalue weighted by atomic mass is 16.5. The first-order valence-corrected chi connectivity index (χ1v) is 16.2. The van der Waals surface area contributed by atoms with E-state index in [1.165, 1.54) is 24.3 Å². The van der Waals surface area contributed by atoms with E-state index in [0.29, 0.717) is 33.8 Å². The second-order valence-corrected chi connectivity index (χ2v) is 12.7. The van der Waals surface area contributed by atoms with E-state index in [2.05, 4.69) is 0 Å². The Kier molecular flexibility index (Phi) is 7.08. The van der Waals surface area contributed by atoms with Crippen LogP contribution in [0.2, 0.25) is 0 Å². The maximum atomic E-state index is 16.0. The SMILES string of the molecule is COc1ccc(C2=C(c3ccc(OC)cc3)C3(c4ccccc4)C(=O)C2(c2ccccc2)C2C(=O)N(c4ccc(C(=O)O)cc4)C(=O)C23)cc1. The second-order valence-electron chi connectivity index (χ2n) is 12.7. The number of carbonyl (C=O) groups is 4. The van der Waals surface area contributed by atoms with Gasteiger partial charge in [-0.15, -0.1) is 0 Å². The molecule has 1 heterocycles. The average molecular weight is 662 g/mol. The molecule has 1 saturated heterocycles. The maximum absolute atomic E-state index is 16.0. The van der Waals surface area contributed by atoms with E-state index in [1.807, 2.05) is 109 Å². The third-order valence-corrected chi connectivity index (χ3v) is 10.6. The first-order chi connectivity index (χ1) is 24.3. The highest BCUT2D eigenvalue weighted by molar-refractivity contribution is 6.39. The molecule has 50 heavy (non-hydrogen) atoms. The summed E-state index contributed by atoms with van der Waals surface area (Å²) in [4.78, 5) is 59.0. The molecule has 1 aliphatic heterocycles. The van der Waals surface area contributed by atoms with Crippen LogP contribution in [-0.4, -0.2) is 42.9 Å². The van der Waals surface area contributed by atoms with Crippen molar-refractivity contribution in [2.75, 3.05) is 19.1 Å². The van der Waals surface area contributed by atoms with Crippen molar-refractivity contribution in [3.05, 3.63) is 161 Å². The number of methoxy groups -OCH3 is 2. The molecule has 5 aromatic rings. The van der Waals surface area contributed by atoms with Crippen molar-refractivity contribution in [2.45, 2.75) is 10.8 Å². The van der Waals surface area contributed by atoms with Crippen molar-refractivity contribution < 1.29 is 33.8 Å². The van der Waals surface area contributed by atoms with Gasteiger partial charge in [0.15, 0.2) is 5.78 Å². The van der Waals surface area contributed by atoms with E-state index in [0.717, 1.165) is 16.0 Å². The van der Waals surface area contributed by atoms with E-state index >= 15 is 14.4 Å². The van der Waals surface area contributed by atoms with Crippen LogP contribution in [0, 0.1) is 11.8 Å². The van der Waals surface area contributed by atoms with E-state index in [4.69, 9.17) is 9.47 Å². The number of amides is 2. The topological polar surface area (TPSA) is 110 Å². The van der Waals surface area contributed by atoms with Gasteiger partial charge >= 0.3 is 5.97 Å². The average Bonchev–Trinajstić information content (AvgIpc) is 3.67. The fraction of sp³-hybridized carbons (Fsp3) is 0.143. The lowest BCUT2D eigenvalue weighted by molar-refractivity contribution is -0.130. The van der Waals surface area contributed by atoms with Gasteiger partial charge in [-0.2, -0.15) is 0 Å². The Labute approximate surface area is 288 Å². The fourth-order valence-electron chi connectivity index (χ4n) is 8.65. The number of Topliss-reactive ketones (excluding diaryl/α,β-unsaturated/α-hetero) is 1. The predicted molar refractivity (Wildman–Crippen MR) is 187 cm³/mol. The van der Waals surface area contributed by atoms with Gasteiger partial charge in [0, 0.05) is 0 Å². The smallest absolute Gasteiger partial charge is 0.335 e. The zero-order valence-electron chi connectivity index (χ0n) is 27.2. The lowest BCUT2D eigenvalue weighted by Crippen LogP contribution is -2.45. The van der Waals surface area contributed by atoms with Crippen molar-refractivity contribution in [3.63, 3.8) is 0 Å². The molecule has 3 aliphatic rings. The van der Waals surface area contributed by atoms with Gasteiger partial charge in [0.1, 0.15) is 11.5 Å². The third-order valence-electron chi connectivity index (χ3n) is 10.6. The number of rotatable bonds is 8. The van der Waals surface area contributed by atoms with E-state index in [1.54, 1.807) is 14.2 Å². The summed E-state index contributed by atoms with van der Waals surface area (Å²) >= 11 is 0. The van der Waals surface area contributed by atoms with Crippen molar-refractivity contribution >= 4 is 40.4 Å². The number of hydrogen-bond donors (Lipinski definition) is 1. The second kappa shape index (κ2) is 11.4. The Hall–Kier alpha value is -6.28. The molecular formula is C42H31NO7. The Balaban J connectivity index is 1.51. The van der Waals surface area contributed by atoms with Crippen molar-refractivity contribution in [1.29, 1.82) is 0 Å². The molecule has 2 aliphatic carbocycles. The number of anilines is 1. The van der Waals surface area contributed by atoms with Crippen molar-refractivity contribution in [2.24, 2.45) is 11.8 Å². The number of carbonyl (C=O) groups excluding carboxylic acids is 3.